The van der Waals surface area contributed by atoms with Crippen molar-refractivity contribution < 1.29 is 12.8 Å². The van der Waals surface area contributed by atoms with Crippen molar-refractivity contribution in [2.75, 3.05) is 13.6 Å². The maximum absolute atomic E-state index is 12.3. The average molecular weight is 312 g/mol. The van der Waals surface area contributed by atoms with Crippen molar-refractivity contribution in [3.8, 4) is 0 Å². The van der Waals surface area contributed by atoms with E-state index in [9.17, 15) is 8.42 Å². The summed E-state index contributed by atoms with van der Waals surface area (Å²) in [7, 11) is -1.73. The molecular weight excluding hydrogens is 292 g/mol. The predicted octanol–water partition coefficient (Wildman–Crippen LogP) is 1.13. The molecule has 0 amide bonds. The minimum absolute atomic E-state index is 0.158. The molecule has 2 aromatic rings. The van der Waals surface area contributed by atoms with Crippen LogP contribution in [-0.2, 0) is 16.6 Å². The maximum atomic E-state index is 12.3. The second-order valence-electron chi connectivity index (χ2n) is 4.75. The summed E-state index contributed by atoms with van der Waals surface area (Å²) in [5.74, 6) is 0.569. The molecule has 1 atom stereocenters. The standard InChI is InChI=1S/C13H20N4O3S/c1-11(13-5-3-8-20-13)16-21(18,19)12-9-15-17(10-12)7-4-6-14-2/h3,5,8-11,14,16H,4,6-7H2,1-2H3. The van der Waals surface area contributed by atoms with Gasteiger partial charge in [-0.25, -0.2) is 13.1 Å². The number of hydrogen-bond acceptors (Lipinski definition) is 5. The summed E-state index contributed by atoms with van der Waals surface area (Å²) < 4.78 is 33.9. The fourth-order valence-corrected chi connectivity index (χ4v) is 3.08. The van der Waals surface area contributed by atoms with Gasteiger partial charge in [0, 0.05) is 12.7 Å². The van der Waals surface area contributed by atoms with E-state index in [-0.39, 0.29) is 4.90 Å². The highest BCUT2D eigenvalue weighted by Crippen LogP contribution is 2.16. The van der Waals surface area contributed by atoms with Gasteiger partial charge in [0.1, 0.15) is 10.7 Å². The van der Waals surface area contributed by atoms with Crippen molar-refractivity contribution in [3.63, 3.8) is 0 Å². The second-order valence-corrected chi connectivity index (χ2v) is 6.47. The van der Waals surface area contributed by atoms with Crippen LogP contribution in [0.2, 0.25) is 0 Å². The quantitative estimate of drug-likeness (QED) is 0.713. The van der Waals surface area contributed by atoms with E-state index in [1.165, 1.54) is 18.7 Å². The van der Waals surface area contributed by atoms with E-state index in [0.717, 1.165) is 13.0 Å². The van der Waals surface area contributed by atoms with Crippen LogP contribution in [0.15, 0.2) is 40.1 Å². The van der Waals surface area contributed by atoms with Gasteiger partial charge in [-0.05, 0) is 39.1 Å². The monoisotopic (exact) mass is 312 g/mol. The summed E-state index contributed by atoms with van der Waals surface area (Å²) in [5.41, 5.74) is 0. The largest absolute Gasteiger partial charge is 0.468 e. The number of sulfonamides is 1. The number of nitrogens with one attached hydrogen (secondary N) is 2. The molecule has 2 N–H and O–H groups in total. The normalized spacial score (nSPS) is 13.4. The zero-order valence-electron chi connectivity index (χ0n) is 12.1. The van der Waals surface area contributed by atoms with Crippen LogP contribution >= 0.6 is 0 Å². The molecule has 2 aromatic heterocycles. The molecule has 0 aliphatic rings. The molecule has 1 unspecified atom stereocenters. The second kappa shape index (κ2) is 6.88. The first-order valence-electron chi connectivity index (χ1n) is 6.75. The Balaban J connectivity index is 2.02. The van der Waals surface area contributed by atoms with Gasteiger partial charge in [0.05, 0.1) is 18.5 Å². The highest BCUT2D eigenvalue weighted by molar-refractivity contribution is 7.89. The fourth-order valence-electron chi connectivity index (χ4n) is 1.92. The van der Waals surface area contributed by atoms with Crippen molar-refractivity contribution in [2.24, 2.45) is 0 Å². The molecule has 2 rings (SSSR count). The molecule has 2 heterocycles. The number of aryl methyl sites for hydroxylation is 1. The molecule has 0 fully saturated rings. The third-order valence-electron chi connectivity index (χ3n) is 3.04. The Hall–Kier alpha value is -1.64. The molecule has 0 saturated carbocycles. The highest BCUT2D eigenvalue weighted by atomic mass is 32.2. The predicted molar refractivity (Wildman–Crippen MR) is 78.2 cm³/mol. The Bertz CT molecular complexity index is 649. The van der Waals surface area contributed by atoms with Crippen molar-refractivity contribution >= 4 is 10.0 Å². The first kappa shape index (κ1) is 15.7. The number of nitrogens with zero attached hydrogens (tertiary/aromatic N) is 2. The average Bonchev–Trinajstić information content (AvgIpc) is 3.10. The lowest BCUT2D eigenvalue weighted by Gasteiger charge is -2.10. The Kier molecular flexibility index (Phi) is 5.16. The first-order chi connectivity index (χ1) is 10.0. The Morgan fingerprint density at radius 2 is 2.29 bits per heavy atom. The summed E-state index contributed by atoms with van der Waals surface area (Å²) >= 11 is 0. The third-order valence-corrected chi connectivity index (χ3v) is 4.53. The topological polar surface area (TPSA) is 89.2 Å². The Morgan fingerprint density at radius 3 is 2.95 bits per heavy atom. The van der Waals surface area contributed by atoms with Crippen LogP contribution < -0.4 is 10.0 Å². The SMILES string of the molecule is CNCCCn1cc(S(=O)(=O)NC(C)c2ccco2)cn1. The van der Waals surface area contributed by atoms with Gasteiger partial charge in [-0.3, -0.25) is 4.68 Å². The molecule has 0 aliphatic carbocycles. The molecule has 8 heteroatoms. The van der Waals surface area contributed by atoms with E-state index >= 15 is 0 Å². The van der Waals surface area contributed by atoms with Crippen LogP contribution in [0.1, 0.15) is 25.1 Å². The molecule has 0 spiro atoms. The first-order valence-corrected chi connectivity index (χ1v) is 8.24. The fraction of sp³-hybridized carbons (Fsp3) is 0.462. The summed E-state index contributed by atoms with van der Waals surface area (Å²) in [6.07, 6.45) is 5.29. The molecule has 0 radical (unpaired) electrons. The van der Waals surface area contributed by atoms with Gasteiger partial charge in [0.15, 0.2) is 0 Å². The Morgan fingerprint density at radius 1 is 1.48 bits per heavy atom. The summed E-state index contributed by atoms with van der Waals surface area (Å²) in [4.78, 5) is 0.158. The van der Waals surface area contributed by atoms with E-state index in [1.54, 1.807) is 23.7 Å². The summed E-state index contributed by atoms with van der Waals surface area (Å²) in [5, 5.41) is 7.11. The van der Waals surface area contributed by atoms with E-state index in [1.807, 2.05) is 7.05 Å². The van der Waals surface area contributed by atoms with Gasteiger partial charge in [0.25, 0.3) is 0 Å². The van der Waals surface area contributed by atoms with E-state index in [0.29, 0.717) is 12.3 Å². The lowest BCUT2D eigenvalue weighted by molar-refractivity contribution is 0.459. The molecule has 116 valence electrons. The van der Waals surface area contributed by atoms with Crippen molar-refractivity contribution in [3.05, 3.63) is 36.5 Å². The van der Waals surface area contributed by atoms with Crippen molar-refractivity contribution in [1.29, 1.82) is 0 Å². The smallest absolute Gasteiger partial charge is 0.244 e. The number of hydrogen-bond donors (Lipinski definition) is 2. The molecule has 0 saturated heterocycles. The zero-order chi connectivity index (χ0) is 15.3. The van der Waals surface area contributed by atoms with Crippen LogP contribution in [0.25, 0.3) is 0 Å². The van der Waals surface area contributed by atoms with E-state index in [4.69, 9.17) is 4.42 Å². The van der Waals surface area contributed by atoms with Crippen LogP contribution in [0, 0.1) is 0 Å². The van der Waals surface area contributed by atoms with Gasteiger partial charge in [0.2, 0.25) is 10.0 Å². The van der Waals surface area contributed by atoms with E-state index < -0.39 is 16.1 Å². The van der Waals surface area contributed by atoms with Crippen LogP contribution in [0.4, 0.5) is 0 Å². The summed E-state index contributed by atoms with van der Waals surface area (Å²) in [6.45, 7) is 3.26. The number of aromatic nitrogens is 2. The minimum atomic E-state index is -3.60. The lowest BCUT2D eigenvalue weighted by atomic mass is 10.3. The van der Waals surface area contributed by atoms with Gasteiger partial charge < -0.3 is 9.73 Å². The maximum Gasteiger partial charge on any atom is 0.244 e. The Labute approximate surface area is 124 Å². The molecule has 0 bridgehead atoms. The van der Waals surface area contributed by atoms with Gasteiger partial charge in [-0.1, -0.05) is 0 Å². The van der Waals surface area contributed by atoms with E-state index in [2.05, 4.69) is 15.1 Å². The minimum Gasteiger partial charge on any atom is -0.468 e. The van der Waals surface area contributed by atoms with Crippen LogP contribution in [-0.4, -0.2) is 31.8 Å². The number of rotatable bonds is 8. The molecule has 7 nitrogen and oxygen atoms in total. The molecular formula is C13H20N4O3S. The van der Waals surface area contributed by atoms with Crippen LogP contribution in [0.3, 0.4) is 0 Å². The lowest BCUT2D eigenvalue weighted by Crippen LogP contribution is -2.26. The highest BCUT2D eigenvalue weighted by Gasteiger charge is 2.21. The van der Waals surface area contributed by atoms with Gasteiger partial charge >= 0.3 is 0 Å². The molecule has 0 aromatic carbocycles. The van der Waals surface area contributed by atoms with Gasteiger partial charge in [-0.2, -0.15) is 5.10 Å². The molecule has 0 aliphatic heterocycles. The third kappa shape index (κ3) is 4.16. The van der Waals surface area contributed by atoms with Crippen molar-refractivity contribution in [1.82, 2.24) is 19.8 Å². The van der Waals surface area contributed by atoms with Gasteiger partial charge in [-0.15, -0.1) is 0 Å². The zero-order valence-corrected chi connectivity index (χ0v) is 12.9. The van der Waals surface area contributed by atoms with Crippen molar-refractivity contribution in [2.45, 2.75) is 30.8 Å². The number of furan rings is 1. The summed E-state index contributed by atoms with van der Waals surface area (Å²) in [6, 6.07) is 3.02. The van der Waals surface area contributed by atoms with Crippen LogP contribution in [0.5, 0.6) is 0 Å². The molecule has 21 heavy (non-hydrogen) atoms.